The number of rotatable bonds is 73. The first-order valence-corrected chi connectivity index (χ1v) is 39.8. The Labute approximate surface area is 512 Å². The summed E-state index contributed by atoms with van der Waals surface area (Å²) < 4.78 is 36.5. The number of aliphatic hydroxyl groups is 1. The Balaban J connectivity index is 4.67. The Morgan fingerprint density at radius 1 is 0.247 bits per heavy atom. The molecule has 0 rings (SSSR count). The van der Waals surface area contributed by atoms with Gasteiger partial charge < -0.3 is 14.1 Å². The third-order valence-electron chi connectivity index (χ3n) is 19.0. The van der Waals surface area contributed by atoms with Crippen molar-refractivity contribution in [2.45, 2.75) is 451 Å². The van der Waals surface area contributed by atoms with E-state index in [-0.39, 0.29) is 0 Å². The molecule has 0 aromatic rings. The van der Waals surface area contributed by atoms with E-state index in [0.29, 0.717) is 6.54 Å². The highest BCUT2D eigenvalue weighted by atomic mass is 32.2. The van der Waals surface area contributed by atoms with Gasteiger partial charge in [0.2, 0.25) is 0 Å². The second-order valence-corrected chi connectivity index (χ2v) is 28.8. The smallest absolute Gasteiger partial charge is 0.116 e. The summed E-state index contributed by atoms with van der Waals surface area (Å²) in [6.07, 6.45) is 90.4. The molecule has 0 aromatic heterocycles. The molecule has 0 aliphatic carbocycles. The topological polar surface area (TPSA) is 77.4 Å². The van der Waals surface area contributed by atoms with Gasteiger partial charge in [-0.05, 0) is 38.5 Å². The predicted molar refractivity (Wildman–Crippen MR) is 362 cm³/mol. The molecule has 0 aromatic carbocycles. The summed E-state index contributed by atoms with van der Waals surface area (Å²) in [5.74, 6) is -0.648. The highest BCUT2D eigenvalue weighted by Crippen LogP contribution is 2.23. The highest BCUT2D eigenvalue weighted by molar-refractivity contribution is 7.85. The summed E-state index contributed by atoms with van der Waals surface area (Å²) in [4.78, 5) is 0. The van der Waals surface area contributed by atoms with Crippen LogP contribution in [0.5, 0.6) is 0 Å². The Morgan fingerprint density at radius 2 is 0.370 bits per heavy atom. The summed E-state index contributed by atoms with van der Waals surface area (Å²) in [6, 6.07) is 0. The van der Waals surface area contributed by atoms with E-state index >= 15 is 0 Å². The number of hydrogen-bond donors (Lipinski definition) is 1. The van der Waals surface area contributed by atoms with E-state index < -0.39 is 22.0 Å². The molecule has 0 aliphatic rings. The minimum atomic E-state index is -4.48. The zero-order chi connectivity index (χ0) is 58.8. The van der Waals surface area contributed by atoms with Gasteiger partial charge in [-0.2, -0.15) is 0 Å². The minimum Gasteiger partial charge on any atom is -0.748 e. The van der Waals surface area contributed by atoms with Crippen LogP contribution in [0.1, 0.15) is 445 Å². The number of unbranched alkanes of at least 4 members (excludes halogenated alkanes) is 63. The third kappa shape index (κ3) is 67.2. The van der Waals surface area contributed by atoms with E-state index in [1.54, 1.807) is 0 Å². The van der Waals surface area contributed by atoms with Gasteiger partial charge in [0.1, 0.15) is 12.6 Å². The van der Waals surface area contributed by atoms with Crippen LogP contribution in [0.3, 0.4) is 0 Å². The van der Waals surface area contributed by atoms with Crippen molar-refractivity contribution >= 4 is 10.1 Å². The van der Waals surface area contributed by atoms with Crippen LogP contribution in [0.25, 0.3) is 0 Å². The lowest BCUT2D eigenvalue weighted by molar-refractivity contribution is -0.931. The molecule has 0 aliphatic heterocycles. The van der Waals surface area contributed by atoms with Crippen LogP contribution in [0, 0.1) is 0 Å². The Hall–Kier alpha value is -0.170. The summed E-state index contributed by atoms with van der Waals surface area (Å²) in [5, 5.41) is 11.2. The predicted octanol–water partition coefficient (Wildman–Crippen LogP) is 25.5. The zero-order valence-corrected chi connectivity index (χ0v) is 57.1. The number of nitrogens with zero attached hydrogens (tertiary/aromatic N) is 1. The number of aliphatic hydroxyl groups excluding tert-OH is 1. The first kappa shape index (κ1) is 80.8. The molecular formula is C75H153NO4S. The lowest BCUT2D eigenvalue weighted by atomic mass is 10.0. The molecule has 0 saturated heterocycles. The van der Waals surface area contributed by atoms with Gasteiger partial charge in [0.15, 0.2) is 0 Å². The van der Waals surface area contributed by atoms with Gasteiger partial charge in [-0.25, -0.2) is 8.42 Å². The first-order chi connectivity index (χ1) is 39.8. The maximum Gasteiger partial charge on any atom is 0.116 e. The van der Waals surface area contributed by atoms with Crippen molar-refractivity contribution in [3.63, 3.8) is 0 Å². The first-order valence-electron chi connectivity index (χ1n) is 38.2. The summed E-state index contributed by atoms with van der Waals surface area (Å²) in [5.41, 5.74) is 0. The van der Waals surface area contributed by atoms with E-state index in [0.717, 1.165) is 43.4 Å². The molecule has 488 valence electrons. The molecule has 1 atom stereocenters. The molecule has 6 heteroatoms. The van der Waals surface area contributed by atoms with Crippen molar-refractivity contribution < 1.29 is 22.6 Å². The lowest BCUT2D eigenvalue weighted by Gasteiger charge is -2.41. The van der Waals surface area contributed by atoms with Crippen LogP contribution < -0.4 is 0 Å². The van der Waals surface area contributed by atoms with Crippen molar-refractivity contribution in [3.8, 4) is 0 Å². The number of quaternary nitrogens is 1. The van der Waals surface area contributed by atoms with Gasteiger partial charge in [0.05, 0.1) is 35.5 Å². The van der Waals surface area contributed by atoms with Crippen LogP contribution in [0.15, 0.2) is 0 Å². The van der Waals surface area contributed by atoms with Crippen molar-refractivity contribution in [2.75, 3.05) is 31.9 Å². The lowest BCUT2D eigenvalue weighted by Crippen LogP contribution is -2.55. The molecule has 0 saturated carbocycles. The fourth-order valence-electron chi connectivity index (χ4n) is 13.5. The van der Waals surface area contributed by atoms with Crippen LogP contribution >= 0.6 is 0 Å². The summed E-state index contributed by atoms with van der Waals surface area (Å²) in [6.45, 7) is 10.3. The van der Waals surface area contributed by atoms with Crippen LogP contribution in [-0.2, 0) is 10.1 Å². The maximum atomic E-state index is 11.9. The van der Waals surface area contributed by atoms with Gasteiger partial charge in [-0.3, -0.25) is 0 Å². The minimum absolute atomic E-state index is 0.416. The van der Waals surface area contributed by atoms with Gasteiger partial charge in [-0.1, -0.05) is 406 Å². The van der Waals surface area contributed by atoms with Crippen LogP contribution in [0.2, 0.25) is 0 Å². The third-order valence-corrected chi connectivity index (χ3v) is 19.7. The Morgan fingerprint density at radius 3 is 0.494 bits per heavy atom. The van der Waals surface area contributed by atoms with E-state index in [2.05, 4.69) is 20.8 Å². The highest BCUT2D eigenvalue weighted by Gasteiger charge is 2.30. The van der Waals surface area contributed by atoms with Crippen LogP contribution in [0.4, 0.5) is 0 Å². The van der Waals surface area contributed by atoms with Crippen LogP contribution in [-0.4, -0.2) is 60.6 Å². The fraction of sp³-hybridized carbons (Fsp3) is 1.00. The van der Waals surface area contributed by atoms with Crippen molar-refractivity contribution in [3.05, 3.63) is 0 Å². The molecule has 81 heavy (non-hydrogen) atoms. The standard InChI is InChI=1S/C75H153NO4S/c1-4-7-10-13-16-19-22-25-28-31-34-37-40-43-46-49-52-55-58-61-64-67-70-76(73-75(77)74-81(78,79)80,71-68-65-62-59-56-53-50-47-44-41-38-35-32-29-26-23-20-17-14-11-8-5-2)72-69-66-63-60-57-54-51-48-45-42-39-36-33-30-27-24-21-18-15-12-9-6-3/h75,77H,4-74H2,1-3H3. The second-order valence-electron chi connectivity index (χ2n) is 27.3. The normalized spacial score (nSPS) is 12.6. The molecule has 0 heterocycles. The molecule has 5 nitrogen and oxygen atoms in total. The van der Waals surface area contributed by atoms with Crippen molar-refractivity contribution in [1.82, 2.24) is 0 Å². The van der Waals surface area contributed by atoms with Gasteiger partial charge in [-0.15, -0.1) is 0 Å². The average Bonchev–Trinajstić information content (AvgIpc) is 3.46. The molecule has 0 spiro atoms. The molecular weight excluding hydrogens is 1010 g/mol. The quantitative estimate of drug-likeness (QED) is 0.0374. The maximum absolute atomic E-state index is 11.9. The molecule has 0 amide bonds. The van der Waals surface area contributed by atoms with E-state index in [1.807, 2.05) is 0 Å². The van der Waals surface area contributed by atoms with E-state index in [1.165, 1.54) is 405 Å². The summed E-state index contributed by atoms with van der Waals surface area (Å²) >= 11 is 0. The molecule has 0 radical (unpaired) electrons. The molecule has 1 unspecified atom stereocenters. The number of hydrogen-bond acceptors (Lipinski definition) is 4. The van der Waals surface area contributed by atoms with E-state index in [4.69, 9.17) is 0 Å². The summed E-state index contributed by atoms with van der Waals surface area (Å²) in [7, 11) is -4.48. The van der Waals surface area contributed by atoms with Crippen molar-refractivity contribution in [2.24, 2.45) is 0 Å². The monoisotopic (exact) mass is 1160 g/mol. The Bertz CT molecular complexity index is 1140. The zero-order valence-electron chi connectivity index (χ0n) is 56.3. The second kappa shape index (κ2) is 67.3. The molecule has 0 fully saturated rings. The SMILES string of the molecule is CCCCCCCCCCCCCCCCCCCCCCCC[N+](CCCCCCCCCCCCCCCCCCCCCCCC)(CCCCCCCCCCCCCCCCCCCCCCCC)CC(O)CS(=O)(=O)[O-]. The fourth-order valence-corrected chi connectivity index (χ4v) is 14.1. The Kier molecular flexibility index (Phi) is 67.2. The van der Waals surface area contributed by atoms with Crippen molar-refractivity contribution in [1.29, 1.82) is 0 Å². The molecule has 0 bridgehead atoms. The van der Waals surface area contributed by atoms with Gasteiger partial charge in [0, 0.05) is 0 Å². The molecule has 1 N–H and O–H groups in total. The van der Waals surface area contributed by atoms with Gasteiger partial charge >= 0.3 is 0 Å². The average molecular weight is 1170 g/mol. The van der Waals surface area contributed by atoms with Gasteiger partial charge in [0.25, 0.3) is 0 Å². The van der Waals surface area contributed by atoms with E-state index in [9.17, 15) is 18.1 Å². The largest absolute Gasteiger partial charge is 0.748 e.